The van der Waals surface area contributed by atoms with Crippen LogP contribution < -0.4 is 0 Å². The molecule has 0 aliphatic rings. The van der Waals surface area contributed by atoms with Crippen LogP contribution in [0.3, 0.4) is 0 Å². The van der Waals surface area contributed by atoms with E-state index in [0.29, 0.717) is 0 Å². The molecule has 0 saturated heterocycles. The molecule has 0 amide bonds. The summed E-state index contributed by atoms with van der Waals surface area (Å²) in [7, 11) is 0. The molecule has 5 rings (SSSR count). The zero-order valence-electron chi connectivity index (χ0n) is 44.6. The molecule has 0 aliphatic carbocycles. The van der Waals surface area contributed by atoms with E-state index in [1.165, 1.54) is 44.5 Å². The smallest absolute Gasteiger partial charge is 0 e. The molecule has 0 N–H and O–H groups in total. The number of rotatable bonds is 3. The van der Waals surface area contributed by atoms with Gasteiger partial charge in [0, 0.05) is 65.4 Å². The molecule has 0 fully saturated rings. The predicted octanol–water partition coefficient (Wildman–Crippen LogP) is 20.7. The number of benzene rings is 5. The van der Waals surface area contributed by atoms with Crippen molar-refractivity contribution in [3.8, 4) is 11.1 Å². The first-order valence-electron chi connectivity index (χ1n) is 22.3. The molecule has 0 unspecified atom stereocenters. The first-order valence-corrected chi connectivity index (χ1v) is 22.3. The summed E-state index contributed by atoms with van der Waals surface area (Å²) in [6.45, 7) is 48.7. The molecular formula is C57H102Y2-2. The van der Waals surface area contributed by atoms with Gasteiger partial charge in [-0.1, -0.05) is 272 Å². The largest absolute Gasteiger partial charge is 0.358 e. The molecule has 0 spiro atoms. The van der Waals surface area contributed by atoms with E-state index in [9.17, 15) is 0 Å². The Kier molecular flexibility index (Phi) is 126. The van der Waals surface area contributed by atoms with E-state index in [2.05, 4.69) is 149 Å². The van der Waals surface area contributed by atoms with Crippen LogP contribution in [-0.2, 0) is 71.8 Å². The fourth-order valence-electron chi connectivity index (χ4n) is 3.78. The van der Waals surface area contributed by atoms with E-state index in [1.54, 1.807) is 0 Å². The number of aryl methyl sites for hydroxylation is 2. The maximum absolute atomic E-state index is 2.18. The van der Waals surface area contributed by atoms with Crippen LogP contribution in [0.25, 0.3) is 11.1 Å². The third-order valence-electron chi connectivity index (χ3n) is 6.30. The van der Waals surface area contributed by atoms with E-state index in [1.807, 2.05) is 151 Å². The molecule has 0 nitrogen and oxygen atoms in total. The second kappa shape index (κ2) is 83.9. The van der Waals surface area contributed by atoms with Crippen molar-refractivity contribution in [3.63, 3.8) is 0 Å². The minimum atomic E-state index is 0. The molecule has 59 heavy (non-hydrogen) atoms. The Labute approximate surface area is 426 Å². The Hall–Kier alpha value is -1.69. The minimum absolute atomic E-state index is 0. The zero-order valence-corrected chi connectivity index (χ0v) is 50.2. The molecule has 0 saturated carbocycles. The van der Waals surface area contributed by atoms with Crippen LogP contribution in [0, 0.1) is 42.5 Å². The van der Waals surface area contributed by atoms with E-state index in [0.717, 1.165) is 6.42 Å². The summed E-state index contributed by atoms with van der Waals surface area (Å²) in [6.07, 6.45) is 1.03. The molecule has 0 atom stereocenters. The van der Waals surface area contributed by atoms with Gasteiger partial charge in [0.1, 0.15) is 0 Å². The number of hydrogen-bond acceptors (Lipinski definition) is 0. The van der Waals surface area contributed by atoms with Gasteiger partial charge in [-0.3, -0.25) is 0 Å². The van der Waals surface area contributed by atoms with E-state index < -0.39 is 0 Å². The normalized spacial score (nSPS) is 6.85. The van der Waals surface area contributed by atoms with Gasteiger partial charge in [-0.2, -0.15) is 0 Å². The molecule has 0 aromatic heterocycles. The molecule has 2 heteroatoms. The van der Waals surface area contributed by atoms with Gasteiger partial charge < -0.3 is 14.9 Å². The van der Waals surface area contributed by atoms with Crippen molar-refractivity contribution in [1.82, 2.24) is 0 Å². The molecule has 5 aromatic rings. The van der Waals surface area contributed by atoms with Gasteiger partial charge in [-0.25, -0.2) is 0 Å². The molecule has 5 aromatic carbocycles. The summed E-state index contributed by atoms with van der Waals surface area (Å²) in [5, 5.41) is 0. The molecule has 338 valence electrons. The monoisotopic (exact) mass is 965 g/mol. The van der Waals surface area contributed by atoms with Crippen LogP contribution in [0.4, 0.5) is 0 Å². The summed E-state index contributed by atoms with van der Waals surface area (Å²) < 4.78 is 0. The van der Waals surface area contributed by atoms with Crippen LogP contribution in [0.2, 0.25) is 0 Å². The van der Waals surface area contributed by atoms with Crippen molar-refractivity contribution < 1.29 is 65.4 Å². The van der Waals surface area contributed by atoms with Crippen molar-refractivity contribution in [1.29, 1.82) is 0 Å². The summed E-state index contributed by atoms with van der Waals surface area (Å²) in [5.74, 6) is 0. The average Bonchev–Trinajstić information content (AvgIpc) is 3.33. The van der Waals surface area contributed by atoms with Crippen molar-refractivity contribution in [3.05, 3.63) is 182 Å². The molecule has 0 bridgehead atoms. The Bertz CT molecular complexity index is 1170. The first-order chi connectivity index (χ1) is 27.0. The number of hydrogen-bond donors (Lipinski definition) is 0. The van der Waals surface area contributed by atoms with Gasteiger partial charge in [0.25, 0.3) is 0 Å². The van der Waals surface area contributed by atoms with E-state index >= 15 is 0 Å². The Morgan fingerprint density at radius 1 is 0.254 bits per heavy atom. The SMILES string of the molecule is CC.CC.CC.CC.CC.CC.CC.CC.CC.CC.Cc1ccc(C)c(C)c1C.[CH3-].[CH3-].[Y].[Y].c1ccc(-c2ccccc2)cc1.c1ccc(Cc2ccccc2)cc1. The summed E-state index contributed by atoms with van der Waals surface area (Å²) in [6, 6.07) is 46.2. The summed E-state index contributed by atoms with van der Waals surface area (Å²) >= 11 is 0. The third kappa shape index (κ3) is 54.3. The van der Waals surface area contributed by atoms with Crippen LogP contribution in [0.1, 0.15) is 172 Å². The van der Waals surface area contributed by atoms with Gasteiger partial charge in [-0.15, -0.1) is 0 Å². The molecule has 0 aliphatic heterocycles. The van der Waals surface area contributed by atoms with Crippen LogP contribution >= 0.6 is 0 Å². The van der Waals surface area contributed by atoms with Crippen LogP contribution in [0.5, 0.6) is 0 Å². The predicted molar refractivity (Wildman–Crippen MR) is 279 cm³/mol. The van der Waals surface area contributed by atoms with Gasteiger partial charge in [-0.05, 0) is 78.6 Å². The summed E-state index contributed by atoms with van der Waals surface area (Å²) in [4.78, 5) is 0. The fourth-order valence-corrected chi connectivity index (χ4v) is 3.78. The van der Waals surface area contributed by atoms with Crippen molar-refractivity contribution in [2.24, 2.45) is 0 Å². The Morgan fingerprint density at radius 2 is 0.424 bits per heavy atom. The van der Waals surface area contributed by atoms with E-state index in [-0.39, 0.29) is 80.3 Å². The fraction of sp³-hybridized carbons (Fsp3) is 0.439. The van der Waals surface area contributed by atoms with Gasteiger partial charge in [0.05, 0.1) is 0 Å². The Balaban J connectivity index is -0.0000000451. The quantitative estimate of drug-likeness (QED) is 0.158. The minimum Gasteiger partial charge on any atom is -0.358 e. The van der Waals surface area contributed by atoms with Crippen LogP contribution in [0.15, 0.2) is 133 Å². The maximum atomic E-state index is 2.18. The molecular weight excluding hydrogens is 862 g/mol. The topological polar surface area (TPSA) is 0 Å². The van der Waals surface area contributed by atoms with Gasteiger partial charge in [0.15, 0.2) is 0 Å². The van der Waals surface area contributed by atoms with Crippen molar-refractivity contribution in [2.45, 2.75) is 173 Å². The van der Waals surface area contributed by atoms with Crippen molar-refractivity contribution >= 4 is 0 Å². The van der Waals surface area contributed by atoms with Crippen LogP contribution in [-0.4, -0.2) is 0 Å². The Morgan fingerprint density at radius 3 is 0.610 bits per heavy atom. The summed E-state index contributed by atoms with van der Waals surface area (Å²) in [5.41, 5.74) is 10.9. The standard InChI is InChI=1S/C13H12.C12H10.C10H14.10C2H6.2CH3.2Y/c1-3-7-12(8-4-1)11-13-9-5-2-6-10-13;1-3-7-11(8-4-1)12-9-5-2-6-10-12;1-7-5-6-8(2)10(4)9(7)3;10*1-2;;;;/h1-10H,11H2;1-10H;5-6H,1-4H3;10*1-2H3;2*1H3;;/q;;;;;;;;;;;;;2*-1;;. The molecule has 2 radical (unpaired) electrons. The average molecular weight is 965 g/mol. The second-order valence-corrected chi connectivity index (χ2v) is 8.83. The second-order valence-electron chi connectivity index (χ2n) is 8.83. The third-order valence-corrected chi connectivity index (χ3v) is 6.30. The van der Waals surface area contributed by atoms with Gasteiger partial charge >= 0.3 is 0 Å². The van der Waals surface area contributed by atoms with E-state index in [4.69, 9.17) is 0 Å². The first kappa shape index (κ1) is 88.5. The molecule has 0 heterocycles. The maximum Gasteiger partial charge on any atom is 0 e. The zero-order chi connectivity index (χ0) is 44.9. The van der Waals surface area contributed by atoms with Crippen molar-refractivity contribution in [2.75, 3.05) is 0 Å². The van der Waals surface area contributed by atoms with Gasteiger partial charge in [0.2, 0.25) is 0 Å².